The van der Waals surface area contributed by atoms with Gasteiger partial charge in [0.05, 0.1) is 16.6 Å². The highest BCUT2D eigenvalue weighted by Gasteiger charge is 2.15. The molecule has 122 valence electrons. The Kier molecular flexibility index (Phi) is 5.50. The third-order valence-electron chi connectivity index (χ3n) is 3.52. The SMILES string of the molecule is CCc1nc(C)c(C(=O)Nc2ccc(CC(C)C(=O)O)cc2)s1. The highest BCUT2D eigenvalue weighted by Crippen LogP contribution is 2.21. The van der Waals surface area contributed by atoms with E-state index in [2.05, 4.69) is 10.3 Å². The van der Waals surface area contributed by atoms with Gasteiger partial charge in [-0.2, -0.15) is 0 Å². The number of carboxylic acids is 1. The zero-order valence-electron chi connectivity index (χ0n) is 13.4. The molecule has 1 amide bonds. The lowest BCUT2D eigenvalue weighted by Crippen LogP contribution is -2.13. The summed E-state index contributed by atoms with van der Waals surface area (Å²) in [4.78, 5) is 28.2. The van der Waals surface area contributed by atoms with Crippen LogP contribution in [0.15, 0.2) is 24.3 Å². The summed E-state index contributed by atoms with van der Waals surface area (Å²) in [5.74, 6) is -1.40. The van der Waals surface area contributed by atoms with Gasteiger partial charge in [-0.3, -0.25) is 9.59 Å². The van der Waals surface area contributed by atoms with Crippen molar-refractivity contribution in [1.29, 1.82) is 0 Å². The molecule has 6 heteroatoms. The molecule has 0 radical (unpaired) electrons. The molecule has 0 saturated heterocycles. The molecule has 1 unspecified atom stereocenters. The third kappa shape index (κ3) is 4.39. The van der Waals surface area contributed by atoms with Gasteiger partial charge in [-0.25, -0.2) is 4.98 Å². The average molecular weight is 332 g/mol. The van der Waals surface area contributed by atoms with Crippen molar-refractivity contribution in [3.63, 3.8) is 0 Å². The number of nitrogens with one attached hydrogen (secondary N) is 1. The maximum Gasteiger partial charge on any atom is 0.306 e. The first-order valence-corrected chi connectivity index (χ1v) is 8.31. The van der Waals surface area contributed by atoms with E-state index in [-0.39, 0.29) is 5.91 Å². The summed E-state index contributed by atoms with van der Waals surface area (Å²) in [6, 6.07) is 7.26. The number of aliphatic carboxylic acids is 1. The Hall–Kier alpha value is -2.21. The molecule has 1 heterocycles. The highest BCUT2D eigenvalue weighted by molar-refractivity contribution is 7.13. The van der Waals surface area contributed by atoms with Crippen LogP contribution in [0, 0.1) is 12.8 Å². The maximum atomic E-state index is 12.3. The number of amides is 1. The van der Waals surface area contributed by atoms with E-state index >= 15 is 0 Å². The number of benzene rings is 1. The Bertz CT molecular complexity index is 707. The van der Waals surface area contributed by atoms with Crippen LogP contribution in [0.3, 0.4) is 0 Å². The second-order valence-corrected chi connectivity index (χ2v) is 6.55. The Morgan fingerprint density at radius 1 is 1.30 bits per heavy atom. The quantitative estimate of drug-likeness (QED) is 0.848. The van der Waals surface area contributed by atoms with Crippen LogP contribution in [0.1, 0.15) is 39.8 Å². The molecule has 2 aromatic rings. The van der Waals surface area contributed by atoms with Gasteiger partial charge < -0.3 is 10.4 Å². The number of nitrogens with zero attached hydrogens (tertiary/aromatic N) is 1. The number of thiazole rings is 1. The number of anilines is 1. The molecule has 2 rings (SSSR count). The summed E-state index contributed by atoms with van der Waals surface area (Å²) < 4.78 is 0. The lowest BCUT2D eigenvalue weighted by molar-refractivity contribution is -0.141. The van der Waals surface area contributed by atoms with E-state index in [1.165, 1.54) is 11.3 Å². The molecule has 5 nitrogen and oxygen atoms in total. The van der Waals surface area contributed by atoms with Crippen molar-refractivity contribution in [2.45, 2.75) is 33.6 Å². The number of carboxylic acid groups (broad SMARTS) is 1. The molecule has 0 aliphatic carbocycles. The van der Waals surface area contributed by atoms with Crippen LogP contribution < -0.4 is 5.32 Å². The van der Waals surface area contributed by atoms with Gasteiger partial charge in [0.25, 0.3) is 5.91 Å². The molecule has 1 aromatic carbocycles. The second kappa shape index (κ2) is 7.37. The van der Waals surface area contributed by atoms with Crippen molar-refractivity contribution in [1.82, 2.24) is 4.98 Å². The third-order valence-corrected chi connectivity index (χ3v) is 4.83. The van der Waals surface area contributed by atoms with Gasteiger partial charge in [0, 0.05) is 5.69 Å². The molecule has 0 spiro atoms. The maximum absolute atomic E-state index is 12.3. The van der Waals surface area contributed by atoms with Crippen LogP contribution in [-0.4, -0.2) is 22.0 Å². The molecule has 0 bridgehead atoms. The standard InChI is InChI=1S/C17H20N2O3S/c1-4-14-18-11(3)15(23-14)16(20)19-13-7-5-12(6-8-13)9-10(2)17(21)22/h5-8,10H,4,9H2,1-3H3,(H,19,20)(H,21,22). The number of carbonyl (C=O) groups is 2. The molecule has 1 aromatic heterocycles. The second-order valence-electron chi connectivity index (χ2n) is 5.47. The van der Waals surface area contributed by atoms with E-state index in [9.17, 15) is 9.59 Å². The number of carbonyl (C=O) groups excluding carboxylic acids is 1. The van der Waals surface area contributed by atoms with Crippen LogP contribution in [0.2, 0.25) is 0 Å². The van der Waals surface area contributed by atoms with Crippen molar-refractivity contribution < 1.29 is 14.7 Å². The Morgan fingerprint density at radius 2 is 1.96 bits per heavy atom. The topological polar surface area (TPSA) is 79.3 Å². The number of hydrogen-bond donors (Lipinski definition) is 2. The Balaban J connectivity index is 2.04. The van der Waals surface area contributed by atoms with Crippen molar-refractivity contribution in [2.75, 3.05) is 5.32 Å². The van der Waals surface area contributed by atoms with Gasteiger partial charge >= 0.3 is 5.97 Å². The van der Waals surface area contributed by atoms with Crippen molar-refractivity contribution in [3.05, 3.63) is 45.4 Å². The number of hydrogen-bond acceptors (Lipinski definition) is 4. The van der Waals surface area contributed by atoms with Crippen molar-refractivity contribution in [2.24, 2.45) is 5.92 Å². The van der Waals surface area contributed by atoms with Gasteiger partial charge in [-0.05, 0) is 37.5 Å². The van der Waals surface area contributed by atoms with Crippen LogP contribution in [-0.2, 0) is 17.6 Å². The summed E-state index contributed by atoms with van der Waals surface area (Å²) in [5.41, 5.74) is 2.36. The molecule has 23 heavy (non-hydrogen) atoms. The van der Waals surface area contributed by atoms with E-state index < -0.39 is 11.9 Å². The number of rotatable bonds is 6. The monoisotopic (exact) mass is 332 g/mol. The van der Waals surface area contributed by atoms with Crippen LogP contribution >= 0.6 is 11.3 Å². The molecule has 0 saturated carbocycles. The van der Waals surface area contributed by atoms with E-state index in [1.54, 1.807) is 19.1 Å². The van der Waals surface area contributed by atoms with Gasteiger partial charge in [-0.1, -0.05) is 26.0 Å². The summed E-state index contributed by atoms with van der Waals surface area (Å²) in [5, 5.41) is 12.7. The molecule has 1 atom stereocenters. The fourth-order valence-electron chi connectivity index (χ4n) is 2.17. The molecule has 0 fully saturated rings. The van der Waals surface area contributed by atoms with Gasteiger partial charge in [-0.15, -0.1) is 11.3 Å². The smallest absolute Gasteiger partial charge is 0.306 e. The normalized spacial score (nSPS) is 12.0. The van der Waals surface area contributed by atoms with E-state index in [1.807, 2.05) is 26.0 Å². The van der Waals surface area contributed by atoms with Gasteiger partial charge in [0.2, 0.25) is 0 Å². The predicted octanol–water partition coefficient (Wildman–Crippen LogP) is 3.53. The largest absolute Gasteiger partial charge is 0.481 e. The Labute approximate surface area is 139 Å². The zero-order chi connectivity index (χ0) is 17.0. The fourth-order valence-corrected chi connectivity index (χ4v) is 3.07. The molecular formula is C17H20N2O3S. The fraction of sp³-hybridized carbons (Fsp3) is 0.353. The van der Waals surface area contributed by atoms with Crippen molar-refractivity contribution in [3.8, 4) is 0 Å². The summed E-state index contributed by atoms with van der Waals surface area (Å²) in [6.45, 7) is 5.52. The summed E-state index contributed by atoms with van der Waals surface area (Å²) in [7, 11) is 0. The zero-order valence-corrected chi connectivity index (χ0v) is 14.2. The Morgan fingerprint density at radius 3 is 2.48 bits per heavy atom. The first-order valence-electron chi connectivity index (χ1n) is 7.50. The average Bonchev–Trinajstić information content (AvgIpc) is 2.90. The van der Waals surface area contributed by atoms with E-state index in [0.717, 1.165) is 22.7 Å². The van der Waals surface area contributed by atoms with Crippen LogP contribution in [0.5, 0.6) is 0 Å². The summed E-state index contributed by atoms with van der Waals surface area (Å²) >= 11 is 1.41. The predicted molar refractivity (Wildman–Crippen MR) is 91.1 cm³/mol. The lowest BCUT2D eigenvalue weighted by Gasteiger charge is -2.08. The molecule has 0 aliphatic rings. The van der Waals surface area contributed by atoms with Gasteiger partial charge in [0.1, 0.15) is 4.88 Å². The number of aryl methyl sites for hydroxylation is 2. The van der Waals surface area contributed by atoms with E-state index in [0.29, 0.717) is 17.0 Å². The first kappa shape index (κ1) is 17.1. The minimum Gasteiger partial charge on any atom is -0.481 e. The van der Waals surface area contributed by atoms with Crippen molar-refractivity contribution >= 4 is 28.9 Å². The van der Waals surface area contributed by atoms with Crippen LogP contribution in [0.25, 0.3) is 0 Å². The molecule has 0 aliphatic heterocycles. The minimum atomic E-state index is -0.810. The highest BCUT2D eigenvalue weighted by atomic mass is 32.1. The van der Waals surface area contributed by atoms with E-state index in [4.69, 9.17) is 5.11 Å². The number of aromatic nitrogens is 1. The molecular weight excluding hydrogens is 312 g/mol. The van der Waals surface area contributed by atoms with Crippen LogP contribution in [0.4, 0.5) is 5.69 Å². The minimum absolute atomic E-state index is 0.161. The lowest BCUT2D eigenvalue weighted by atomic mass is 10.0. The summed E-state index contributed by atoms with van der Waals surface area (Å²) in [6.07, 6.45) is 1.28. The first-order chi connectivity index (χ1) is 10.9. The van der Waals surface area contributed by atoms with Gasteiger partial charge in [0.15, 0.2) is 0 Å². The molecule has 2 N–H and O–H groups in total.